The average Bonchev–Trinajstić information content (AvgIpc) is 2.65. The Morgan fingerprint density at radius 1 is 1.29 bits per heavy atom. The summed E-state index contributed by atoms with van der Waals surface area (Å²) in [6.07, 6.45) is 0. The predicted molar refractivity (Wildman–Crippen MR) is 116 cm³/mol. The molecule has 0 saturated carbocycles. The Labute approximate surface area is 178 Å². The molecule has 1 amide bonds. The van der Waals surface area contributed by atoms with Crippen LogP contribution >= 0.6 is 36.0 Å². The van der Waals surface area contributed by atoms with Gasteiger partial charge in [0.1, 0.15) is 16.4 Å². The van der Waals surface area contributed by atoms with E-state index in [-0.39, 0.29) is 34.6 Å². The molecule has 7 nitrogen and oxygen atoms in total. The van der Waals surface area contributed by atoms with Crippen LogP contribution in [0, 0.1) is 6.92 Å². The van der Waals surface area contributed by atoms with Gasteiger partial charge in [0.15, 0.2) is 5.75 Å². The zero-order chi connectivity index (χ0) is 21.0. The molecule has 0 atom stereocenters. The maximum absolute atomic E-state index is 12.3. The largest absolute Gasteiger partial charge is 0.505 e. The van der Waals surface area contributed by atoms with E-state index in [0.717, 1.165) is 0 Å². The van der Waals surface area contributed by atoms with Crippen molar-refractivity contribution in [2.24, 2.45) is 10.7 Å². The average molecular weight is 441 g/mol. The van der Waals surface area contributed by atoms with Gasteiger partial charge < -0.3 is 15.7 Å². The highest BCUT2D eigenvalue weighted by Crippen LogP contribution is 2.33. The molecule has 2 aromatic rings. The maximum atomic E-state index is 12.3. The van der Waals surface area contributed by atoms with Gasteiger partial charge in [0, 0.05) is 26.9 Å². The van der Waals surface area contributed by atoms with Crippen molar-refractivity contribution in [1.29, 1.82) is 0 Å². The third-order valence-electron chi connectivity index (χ3n) is 3.81. The van der Waals surface area contributed by atoms with Crippen LogP contribution in [-0.2, 0) is 0 Å². The number of aryl methyl sites for hydroxylation is 1. The fourth-order valence-electron chi connectivity index (χ4n) is 2.33. The number of carbonyl (C=O) groups excluding carboxylic acids is 1. The summed E-state index contributed by atoms with van der Waals surface area (Å²) in [5, 5.41) is 11.2. The molecule has 0 heterocycles. The van der Waals surface area contributed by atoms with Crippen molar-refractivity contribution in [3.63, 3.8) is 0 Å². The van der Waals surface area contributed by atoms with Crippen LogP contribution in [0.2, 0.25) is 10.0 Å². The van der Waals surface area contributed by atoms with Crippen molar-refractivity contribution < 1.29 is 14.9 Å². The van der Waals surface area contributed by atoms with Gasteiger partial charge in [-0.15, -0.1) is 0 Å². The van der Waals surface area contributed by atoms with E-state index in [0.29, 0.717) is 21.3 Å². The number of hydrogen-bond acceptors (Lipinski definition) is 4. The quantitative estimate of drug-likeness (QED) is 0.285. The summed E-state index contributed by atoms with van der Waals surface area (Å²) < 4.78 is 2.59. The summed E-state index contributed by atoms with van der Waals surface area (Å²) in [5.41, 5.74) is 7.44. The van der Waals surface area contributed by atoms with Gasteiger partial charge in [-0.25, -0.2) is 14.7 Å². The summed E-state index contributed by atoms with van der Waals surface area (Å²) in [6, 6.07) is 8.30. The van der Waals surface area contributed by atoms with Gasteiger partial charge in [0.2, 0.25) is 5.84 Å². The van der Waals surface area contributed by atoms with Crippen LogP contribution in [0.25, 0.3) is 0 Å². The number of benzene rings is 2. The van der Waals surface area contributed by atoms with Gasteiger partial charge in [-0.05, 0) is 30.7 Å². The number of aliphatic imine (C=N–C) groups is 1. The molecule has 0 bridgehead atoms. The van der Waals surface area contributed by atoms with E-state index in [1.165, 1.54) is 4.90 Å². The molecule has 2 aromatic carbocycles. The lowest BCUT2D eigenvalue weighted by molar-refractivity contribution is -0.353. The number of halogens is 2. The normalized spacial score (nSPS) is 12.1. The molecule has 28 heavy (non-hydrogen) atoms. The number of nitrogens with two attached hydrogens (primary N) is 1. The number of nitrogens with one attached hydrogen (secondary N) is 2. The number of aromatic hydroxyl groups is 1. The second-order valence-corrected chi connectivity index (χ2v) is 7.04. The monoisotopic (exact) mass is 440 g/mol. The molecule has 0 aliphatic rings. The molecule has 5 N–H and O–H groups in total. The topological polar surface area (TPSA) is 105 Å². The first-order valence-corrected chi connectivity index (χ1v) is 9.24. The van der Waals surface area contributed by atoms with Crippen molar-refractivity contribution in [1.82, 2.24) is 9.62 Å². The van der Waals surface area contributed by atoms with Crippen LogP contribution in [0.15, 0.2) is 35.3 Å². The molecule has 0 fully saturated rings. The van der Waals surface area contributed by atoms with Gasteiger partial charge in [0.05, 0.1) is 10.6 Å². The van der Waals surface area contributed by atoms with Crippen molar-refractivity contribution in [3.8, 4) is 5.75 Å². The highest BCUT2D eigenvalue weighted by molar-refractivity contribution is 7.78. The summed E-state index contributed by atoms with van der Waals surface area (Å²) in [7, 11) is 3.20. The van der Waals surface area contributed by atoms with Crippen molar-refractivity contribution in [3.05, 3.63) is 51.5 Å². The number of nitrogens with zero attached hydrogens (tertiary/aromatic N) is 2. The highest BCUT2D eigenvalue weighted by Gasteiger charge is 2.20. The van der Waals surface area contributed by atoms with Crippen molar-refractivity contribution >= 4 is 65.0 Å². The molecule has 0 spiro atoms. The fourth-order valence-corrected chi connectivity index (χ4v) is 2.85. The molecule has 2 rings (SSSR count). The molecule has 0 aliphatic heterocycles. The summed E-state index contributed by atoms with van der Waals surface area (Å²) in [5.74, 6) is -0.409. The first kappa shape index (κ1) is 21.9. The molecule has 10 heteroatoms. The third-order valence-corrected chi connectivity index (χ3v) is 4.85. The van der Waals surface area contributed by atoms with Crippen LogP contribution in [0.3, 0.4) is 0 Å². The zero-order valence-electron chi connectivity index (χ0n) is 15.4. The number of phenolic OH excluding ortho intramolecular Hbond substituents is 1. The van der Waals surface area contributed by atoms with Crippen LogP contribution in [0.1, 0.15) is 15.9 Å². The van der Waals surface area contributed by atoms with Crippen LogP contribution < -0.4 is 15.4 Å². The molecule has 0 radical (unpaired) electrons. The standard InChI is InChI=1S/C18H19Cl2N5O2S/c1-9-7-8-12(15(26)13(9)18(27)25(2)3)22-16(21)17(24-28)23-11-6-4-5-10(19)14(11)20/h4-8,26,28H,1-3H3,(H2,21,22)(H,23,24)/p+1. The lowest BCUT2D eigenvalue weighted by Gasteiger charge is -2.15. The summed E-state index contributed by atoms with van der Waals surface area (Å²) in [6.45, 7) is 1.73. The third kappa shape index (κ3) is 4.70. The Kier molecular flexibility index (Phi) is 7.17. The van der Waals surface area contributed by atoms with Crippen LogP contribution in [0.4, 0.5) is 11.4 Å². The second kappa shape index (κ2) is 9.18. The summed E-state index contributed by atoms with van der Waals surface area (Å²) in [4.78, 5) is 20.9. The van der Waals surface area contributed by atoms with Crippen LogP contribution in [0.5, 0.6) is 5.75 Å². The first-order valence-electron chi connectivity index (χ1n) is 8.04. The lowest BCUT2D eigenvalue weighted by atomic mass is 10.1. The minimum atomic E-state index is -0.342. The molecule has 0 saturated heterocycles. The Bertz CT molecular complexity index is 977. The van der Waals surface area contributed by atoms with Gasteiger partial charge in [-0.2, -0.15) is 0 Å². The Morgan fingerprint density at radius 3 is 2.57 bits per heavy atom. The van der Waals surface area contributed by atoms with E-state index in [1.807, 2.05) is 0 Å². The van der Waals surface area contributed by atoms with E-state index in [9.17, 15) is 9.90 Å². The maximum Gasteiger partial charge on any atom is 0.327 e. The number of amidine groups is 2. The number of thiol groups is 1. The molecular formula is C18H20Cl2N5O2S+. The number of phenols is 1. The zero-order valence-corrected chi connectivity index (χ0v) is 17.8. The molecule has 148 valence electrons. The number of hydrogen-bond donors (Lipinski definition) is 5. The number of carbonyl (C=O) groups is 1. The van der Waals surface area contributed by atoms with Gasteiger partial charge in [-0.1, -0.05) is 35.3 Å². The first-order chi connectivity index (χ1) is 13.2. The lowest BCUT2D eigenvalue weighted by Crippen LogP contribution is -2.72. The van der Waals surface area contributed by atoms with Crippen molar-refractivity contribution in [2.75, 3.05) is 14.1 Å². The van der Waals surface area contributed by atoms with Gasteiger partial charge in [0.25, 0.3) is 5.91 Å². The van der Waals surface area contributed by atoms with Crippen molar-refractivity contribution in [2.45, 2.75) is 6.92 Å². The highest BCUT2D eigenvalue weighted by atomic mass is 35.5. The van der Waals surface area contributed by atoms with Gasteiger partial charge in [-0.3, -0.25) is 4.79 Å². The number of rotatable bonds is 3. The fraction of sp³-hybridized carbons (Fsp3) is 0.167. The van der Waals surface area contributed by atoms with E-state index >= 15 is 0 Å². The Hall–Kier alpha value is -2.42. The Morgan fingerprint density at radius 2 is 1.96 bits per heavy atom. The summed E-state index contributed by atoms with van der Waals surface area (Å²) >= 11 is 16.2. The SMILES string of the molecule is Cc1ccc(N=C(N)C(NS)=[NH+]c2cccc(Cl)c2Cl)c(O)c1C(=O)N(C)C. The molecule has 0 unspecified atom stereocenters. The van der Waals surface area contributed by atoms with E-state index in [1.54, 1.807) is 51.4 Å². The molecule has 0 aromatic heterocycles. The molecular weight excluding hydrogens is 421 g/mol. The molecule has 0 aliphatic carbocycles. The van der Waals surface area contributed by atoms with E-state index in [4.69, 9.17) is 28.9 Å². The van der Waals surface area contributed by atoms with E-state index < -0.39 is 0 Å². The predicted octanol–water partition coefficient (Wildman–Crippen LogP) is 1.94. The van der Waals surface area contributed by atoms with E-state index in [2.05, 4.69) is 27.5 Å². The number of amides is 1. The minimum Gasteiger partial charge on any atom is -0.505 e. The second-order valence-electron chi connectivity index (χ2n) is 6.03. The van der Waals surface area contributed by atoms with Gasteiger partial charge >= 0.3 is 5.84 Å². The minimum absolute atomic E-state index is 0.0200. The Balaban J connectivity index is 2.51. The van der Waals surface area contributed by atoms with Crippen LogP contribution in [-0.4, -0.2) is 41.7 Å². The smallest absolute Gasteiger partial charge is 0.327 e.